The quantitative estimate of drug-likeness (QED) is 0.617. The largest absolute Gasteiger partial charge is 0.380 e. The lowest BCUT2D eigenvalue weighted by molar-refractivity contribution is -0.384. The van der Waals surface area contributed by atoms with Crippen LogP contribution < -0.4 is 5.32 Å². The van der Waals surface area contributed by atoms with Crippen LogP contribution in [0.2, 0.25) is 0 Å². The van der Waals surface area contributed by atoms with Crippen LogP contribution in [-0.2, 0) is 4.74 Å². The molecule has 0 radical (unpaired) electrons. The summed E-state index contributed by atoms with van der Waals surface area (Å²) in [6, 6.07) is 6.18. The van der Waals surface area contributed by atoms with Gasteiger partial charge in [0.05, 0.1) is 23.2 Å². The molecule has 1 rings (SSSR count). The molecule has 1 aromatic carbocycles. The van der Waals surface area contributed by atoms with E-state index >= 15 is 0 Å². The van der Waals surface area contributed by atoms with Gasteiger partial charge in [0, 0.05) is 18.7 Å². The van der Waals surface area contributed by atoms with Gasteiger partial charge in [0.1, 0.15) is 5.69 Å². The summed E-state index contributed by atoms with van der Waals surface area (Å²) in [4.78, 5) is 10.4. The van der Waals surface area contributed by atoms with Gasteiger partial charge in [-0.1, -0.05) is 0 Å². The first kappa shape index (κ1) is 13.9. The normalized spacial score (nSPS) is 11.6. The number of hydrogen-bond donors (Lipinski definition) is 1. The molecule has 1 unspecified atom stereocenters. The molecular weight excluding hydrogens is 234 g/mol. The zero-order valence-corrected chi connectivity index (χ0v) is 10.3. The number of nitriles is 1. The van der Waals surface area contributed by atoms with Crippen LogP contribution >= 0.6 is 0 Å². The fourth-order valence-corrected chi connectivity index (χ4v) is 1.48. The Morgan fingerprint density at radius 1 is 1.61 bits per heavy atom. The van der Waals surface area contributed by atoms with Gasteiger partial charge < -0.3 is 10.1 Å². The Hall–Kier alpha value is -2.13. The van der Waals surface area contributed by atoms with Crippen molar-refractivity contribution in [2.24, 2.45) is 0 Å². The van der Waals surface area contributed by atoms with E-state index in [1.165, 1.54) is 6.07 Å². The van der Waals surface area contributed by atoms with Crippen LogP contribution in [0.4, 0.5) is 11.4 Å². The van der Waals surface area contributed by atoms with Gasteiger partial charge in [-0.05, 0) is 26.0 Å². The van der Waals surface area contributed by atoms with E-state index in [9.17, 15) is 10.1 Å². The van der Waals surface area contributed by atoms with Gasteiger partial charge in [-0.25, -0.2) is 0 Å². The van der Waals surface area contributed by atoms with E-state index < -0.39 is 4.92 Å². The van der Waals surface area contributed by atoms with Crippen molar-refractivity contribution in [3.63, 3.8) is 0 Å². The Morgan fingerprint density at radius 3 is 2.89 bits per heavy atom. The average molecular weight is 249 g/mol. The van der Waals surface area contributed by atoms with Crippen molar-refractivity contribution in [3.8, 4) is 6.07 Å². The number of ether oxygens (including phenoxy) is 1. The molecule has 0 fully saturated rings. The fourth-order valence-electron chi connectivity index (χ4n) is 1.48. The standard InChI is InChI=1S/C12H15N3O3/c1-3-18-8-9(2)14-11-5-4-10(7-13)6-12(11)15(16)17/h4-6,9,14H,3,8H2,1-2H3. The Labute approximate surface area is 105 Å². The molecule has 1 aromatic rings. The zero-order valence-electron chi connectivity index (χ0n) is 10.3. The van der Waals surface area contributed by atoms with Crippen LogP contribution in [0.1, 0.15) is 19.4 Å². The molecule has 0 spiro atoms. The molecule has 6 nitrogen and oxygen atoms in total. The van der Waals surface area contributed by atoms with Gasteiger partial charge >= 0.3 is 0 Å². The summed E-state index contributed by atoms with van der Waals surface area (Å²) >= 11 is 0. The molecule has 0 saturated heterocycles. The second kappa shape index (κ2) is 6.57. The van der Waals surface area contributed by atoms with Gasteiger partial charge in [-0.15, -0.1) is 0 Å². The number of rotatable bonds is 6. The lowest BCUT2D eigenvalue weighted by Crippen LogP contribution is -2.22. The van der Waals surface area contributed by atoms with E-state index in [1.807, 2.05) is 19.9 Å². The van der Waals surface area contributed by atoms with Crippen molar-refractivity contribution in [2.75, 3.05) is 18.5 Å². The molecule has 1 atom stereocenters. The summed E-state index contributed by atoms with van der Waals surface area (Å²) < 4.78 is 5.23. The van der Waals surface area contributed by atoms with Crippen molar-refractivity contribution in [1.29, 1.82) is 5.26 Å². The van der Waals surface area contributed by atoms with Crippen LogP contribution in [0, 0.1) is 21.4 Å². The Balaban J connectivity index is 2.88. The predicted molar refractivity (Wildman–Crippen MR) is 67.4 cm³/mol. The number of nitro benzene ring substituents is 1. The molecule has 0 aliphatic rings. The lowest BCUT2D eigenvalue weighted by atomic mass is 10.1. The SMILES string of the molecule is CCOCC(C)Nc1ccc(C#N)cc1[N+](=O)[O-]. The van der Waals surface area contributed by atoms with Crippen LogP contribution in [0.25, 0.3) is 0 Å². The lowest BCUT2D eigenvalue weighted by Gasteiger charge is -2.15. The summed E-state index contributed by atoms with van der Waals surface area (Å²) in [5.74, 6) is 0. The van der Waals surface area contributed by atoms with E-state index in [4.69, 9.17) is 10.00 Å². The Bertz CT molecular complexity index is 468. The minimum Gasteiger partial charge on any atom is -0.380 e. The molecule has 0 bridgehead atoms. The minimum absolute atomic E-state index is 0.0448. The summed E-state index contributed by atoms with van der Waals surface area (Å²) in [5, 5.41) is 22.6. The molecule has 1 N–H and O–H groups in total. The highest BCUT2D eigenvalue weighted by Crippen LogP contribution is 2.25. The molecule has 6 heteroatoms. The zero-order chi connectivity index (χ0) is 13.5. The third-order valence-corrected chi connectivity index (χ3v) is 2.30. The van der Waals surface area contributed by atoms with E-state index in [-0.39, 0.29) is 17.3 Å². The van der Waals surface area contributed by atoms with Gasteiger partial charge in [-0.2, -0.15) is 5.26 Å². The molecule has 18 heavy (non-hydrogen) atoms. The van der Waals surface area contributed by atoms with Crippen molar-refractivity contribution >= 4 is 11.4 Å². The van der Waals surface area contributed by atoms with E-state index in [0.717, 1.165) is 0 Å². The third kappa shape index (κ3) is 3.71. The second-order valence-electron chi connectivity index (χ2n) is 3.81. The van der Waals surface area contributed by atoms with Crippen LogP contribution in [0.3, 0.4) is 0 Å². The number of nitrogens with one attached hydrogen (secondary N) is 1. The van der Waals surface area contributed by atoms with Gasteiger partial charge in [0.15, 0.2) is 0 Å². The number of benzene rings is 1. The molecule has 0 amide bonds. The molecule has 0 aliphatic carbocycles. The third-order valence-electron chi connectivity index (χ3n) is 2.30. The predicted octanol–water partition coefficient (Wildman–Crippen LogP) is 2.30. The number of hydrogen-bond acceptors (Lipinski definition) is 5. The molecular formula is C12H15N3O3. The summed E-state index contributed by atoms with van der Waals surface area (Å²) in [6.07, 6.45) is 0. The smallest absolute Gasteiger partial charge is 0.293 e. The first-order valence-corrected chi connectivity index (χ1v) is 5.61. The average Bonchev–Trinajstić information content (AvgIpc) is 2.36. The second-order valence-corrected chi connectivity index (χ2v) is 3.81. The summed E-state index contributed by atoms with van der Waals surface area (Å²) in [6.45, 7) is 4.82. The van der Waals surface area contributed by atoms with Crippen molar-refractivity contribution in [1.82, 2.24) is 0 Å². The summed E-state index contributed by atoms with van der Waals surface area (Å²) in [5.41, 5.74) is 0.563. The van der Waals surface area contributed by atoms with Crippen LogP contribution in [0.5, 0.6) is 0 Å². The van der Waals surface area contributed by atoms with Gasteiger partial charge in [-0.3, -0.25) is 10.1 Å². The number of nitro groups is 1. The van der Waals surface area contributed by atoms with Crippen LogP contribution in [-0.4, -0.2) is 24.2 Å². The molecule has 96 valence electrons. The van der Waals surface area contributed by atoms with E-state index in [2.05, 4.69) is 5.32 Å². The Morgan fingerprint density at radius 2 is 2.33 bits per heavy atom. The maximum Gasteiger partial charge on any atom is 0.293 e. The van der Waals surface area contributed by atoms with Crippen LogP contribution in [0.15, 0.2) is 18.2 Å². The maximum absolute atomic E-state index is 10.9. The van der Waals surface area contributed by atoms with E-state index in [0.29, 0.717) is 18.9 Å². The summed E-state index contributed by atoms with van der Waals surface area (Å²) in [7, 11) is 0. The molecule has 0 heterocycles. The van der Waals surface area contributed by atoms with Crippen molar-refractivity contribution in [2.45, 2.75) is 19.9 Å². The van der Waals surface area contributed by atoms with Crippen molar-refractivity contribution in [3.05, 3.63) is 33.9 Å². The van der Waals surface area contributed by atoms with Gasteiger partial charge in [0.2, 0.25) is 0 Å². The topological polar surface area (TPSA) is 88.2 Å². The number of nitrogens with zero attached hydrogens (tertiary/aromatic N) is 2. The first-order valence-electron chi connectivity index (χ1n) is 5.61. The molecule has 0 aliphatic heterocycles. The highest BCUT2D eigenvalue weighted by atomic mass is 16.6. The Kier molecular flexibility index (Phi) is 5.08. The minimum atomic E-state index is -0.503. The highest BCUT2D eigenvalue weighted by molar-refractivity contribution is 5.64. The fraction of sp³-hybridized carbons (Fsp3) is 0.417. The monoisotopic (exact) mass is 249 g/mol. The highest BCUT2D eigenvalue weighted by Gasteiger charge is 2.16. The van der Waals surface area contributed by atoms with E-state index in [1.54, 1.807) is 12.1 Å². The molecule has 0 saturated carbocycles. The number of anilines is 1. The van der Waals surface area contributed by atoms with Gasteiger partial charge in [0.25, 0.3) is 5.69 Å². The molecule has 0 aromatic heterocycles. The first-order chi connectivity index (χ1) is 8.58. The maximum atomic E-state index is 10.9. The van der Waals surface area contributed by atoms with Crippen molar-refractivity contribution < 1.29 is 9.66 Å².